The van der Waals surface area contributed by atoms with Crippen molar-refractivity contribution in [1.29, 1.82) is 0 Å². The maximum absolute atomic E-state index is 12.7. The zero-order valence-electron chi connectivity index (χ0n) is 16.1. The van der Waals surface area contributed by atoms with E-state index in [1.54, 1.807) is 0 Å². The Labute approximate surface area is 158 Å². The Balaban J connectivity index is 2.16. The number of hydroxylamine groups is 2. The molecule has 1 rings (SSSR count). The lowest BCUT2D eigenvalue weighted by atomic mass is 9.92. The van der Waals surface area contributed by atoms with Gasteiger partial charge in [0, 0.05) is 5.54 Å². The van der Waals surface area contributed by atoms with E-state index in [0.29, 0.717) is 5.33 Å². The van der Waals surface area contributed by atoms with Gasteiger partial charge in [0.2, 0.25) is 0 Å². The normalized spacial score (nSPS) is 27.2. The van der Waals surface area contributed by atoms with Gasteiger partial charge >= 0.3 is 0 Å². The summed E-state index contributed by atoms with van der Waals surface area (Å²) in [7, 11) is 0. The maximum atomic E-state index is 12.7. The second kappa shape index (κ2) is 11.6. The predicted molar refractivity (Wildman–Crippen MR) is 107 cm³/mol. The minimum absolute atomic E-state index is 0.212. The monoisotopic (exact) mass is 398 g/mol. The van der Waals surface area contributed by atoms with Crippen LogP contribution in [0.3, 0.4) is 0 Å². The van der Waals surface area contributed by atoms with Gasteiger partial charge in [-0.25, -0.2) is 0 Å². The average molecular weight is 399 g/mol. The highest BCUT2D eigenvalue weighted by Crippen LogP contribution is 2.42. The van der Waals surface area contributed by atoms with Crippen molar-refractivity contribution in [2.75, 3.05) is 5.33 Å². The van der Waals surface area contributed by atoms with Crippen molar-refractivity contribution in [2.45, 2.75) is 115 Å². The highest BCUT2D eigenvalue weighted by molar-refractivity contribution is 9.09. The number of hydrogen-bond donors (Lipinski definition) is 0. The number of unbranched alkanes of at least 4 members (excludes halogenated alkanes) is 9. The van der Waals surface area contributed by atoms with Gasteiger partial charge in [0.15, 0.2) is 0 Å². The van der Waals surface area contributed by atoms with Crippen molar-refractivity contribution in [1.82, 2.24) is 5.06 Å². The standard InChI is InChI=1S/C21H37BrNO/c1-4-5-6-7-8-9-10-11-12-13-15-20(2)17-18-21(3,23(20)24)16-14-19-22/h4-13,15,17-19H2,1-3H3. The van der Waals surface area contributed by atoms with Gasteiger partial charge in [0.05, 0.1) is 5.33 Å². The molecule has 0 aromatic rings. The summed E-state index contributed by atoms with van der Waals surface area (Å²) in [6, 6.07) is 0. The van der Waals surface area contributed by atoms with Crippen molar-refractivity contribution in [3.05, 3.63) is 0 Å². The highest BCUT2D eigenvalue weighted by Gasteiger charge is 2.49. The van der Waals surface area contributed by atoms with E-state index in [1.165, 1.54) is 69.3 Å². The number of nitrogens with zero attached hydrogens (tertiary/aromatic N) is 1. The Morgan fingerprint density at radius 2 is 1.46 bits per heavy atom. The second-order valence-corrected chi connectivity index (χ2v) is 8.49. The van der Waals surface area contributed by atoms with Crippen molar-refractivity contribution >= 4 is 15.9 Å². The van der Waals surface area contributed by atoms with Gasteiger partial charge in [-0.15, -0.1) is 10.3 Å². The van der Waals surface area contributed by atoms with Crippen LogP contribution in [-0.4, -0.2) is 21.5 Å². The smallest absolute Gasteiger partial charge is 0.107 e. The fraction of sp³-hybridized carbons (Fsp3) is 0.905. The fourth-order valence-corrected chi connectivity index (χ4v) is 4.01. The van der Waals surface area contributed by atoms with E-state index in [0.717, 1.165) is 19.3 Å². The van der Waals surface area contributed by atoms with Gasteiger partial charge in [0.25, 0.3) is 0 Å². The zero-order valence-corrected chi connectivity index (χ0v) is 17.7. The zero-order chi connectivity index (χ0) is 17.9. The van der Waals surface area contributed by atoms with E-state index in [4.69, 9.17) is 0 Å². The minimum atomic E-state index is -0.485. The van der Waals surface area contributed by atoms with Crippen LogP contribution >= 0.6 is 15.9 Å². The van der Waals surface area contributed by atoms with Crippen LogP contribution in [0.1, 0.15) is 104 Å². The van der Waals surface area contributed by atoms with Gasteiger partial charge in [0.1, 0.15) is 5.54 Å². The second-order valence-electron chi connectivity index (χ2n) is 7.93. The number of halogens is 1. The van der Waals surface area contributed by atoms with Gasteiger partial charge in [-0.1, -0.05) is 98.9 Å². The Morgan fingerprint density at radius 3 is 2.00 bits per heavy atom. The van der Waals surface area contributed by atoms with Gasteiger partial charge in [-0.2, -0.15) is 0 Å². The Morgan fingerprint density at radius 1 is 0.917 bits per heavy atom. The summed E-state index contributed by atoms with van der Waals surface area (Å²) >= 11 is 3.32. The summed E-state index contributed by atoms with van der Waals surface area (Å²) in [6.45, 7) is 6.40. The molecule has 139 valence electrons. The topological polar surface area (TPSA) is 23.1 Å². The quantitative estimate of drug-likeness (QED) is 0.217. The molecular formula is C21H37BrNO. The van der Waals surface area contributed by atoms with Crippen LogP contribution in [0.15, 0.2) is 0 Å². The Hall–Kier alpha value is -0.0400. The minimum Gasteiger partial charge on any atom is -0.131 e. The molecule has 2 atom stereocenters. The first-order valence-electron chi connectivity index (χ1n) is 10.0. The summed E-state index contributed by atoms with van der Waals surface area (Å²) in [5, 5.41) is 14.7. The molecule has 0 aromatic heterocycles. The molecule has 3 heteroatoms. The fourth-order valence-electron chi connectivity index (χ4n) is 3.87. The lowest BCUT2D eigenvalue weighted by Gasteiger charge is -2.34. The molecule has 0 bridgehead atoms. The summed E-state index contributed by atoms with van der Waals surface area (Å²) in [6.07, 6.45) is 16.3. The summed E-state index contributed by atoms with van der Waals surface area (Å²) in [4.78, 5) is 0. The Kier molecular flexibility index (Phi) is 10.6. The van der Waals surface area contributed by atoms with Crippen LogP contribution in [0.4, 0.5) is 0 Å². The molecule has 0 aromatic carbocycles. The molecule has 0 aliphatic carbocycles. The highest BCUT2D eigenvalue weighted by atomic mass is 79.9. The molecule has 1 fully saturated rings. The molecule has 1 heterocycles. The third-order valence-corrected chi connectivity index (χ3v) is 5.86. The van der Waals surface area contributed by atoms with Crippen molar-refractivity contribution in [2.24, 2.45) is 0 Å². The summed E-state index contributed by atoms with van der Waals surface area (Å²) < 4.78 is 0. The van der Waals surface area contributed by atoms with Crippen LogP contribution in [-0.2, 0) is 5.21 Å². The summed E-state index contributed by atoms with van der Waals surface area (Å²) in [5.41, 5.74) is -0.698. The molecule has 0 amide bonds. The molecular weight excluding hydrogens is 362 g/mol. The van der Waals surface area contributed by atoms with Gasteiger partial charge in [-0.05, 0) is 33.1 Å². The lowest BCUT2D eigenvalue weighted by Crippen LogP contribution is -2.47. The van der Waals surface area contributed by atoms with E-state index in [1.807, 2.05) is 6.92 Å². The third-order valence-electron chi connectivity index (χ3n) is 5.58. The largest absolute Gasteiger partial charge is 0.131 e. The maximum Gasteiger partial charge on any atom is 0.107 e. The molecule has 2 nitrogen and oxygen atoms in total. The first kappa shape index (κ1) is 22.0. The van der Waals surface area contributed by atoms with Crippen LogP contribution < -0.4 is 0 Å². The van der Waals surface area contributed by atoms with E-state index in [2.05, 4.69) is 41.6 Å². The van der Waals surface area contributed by atoms with Crippen molar-refractivity contribution < 1.29 is 5.21 Å². The number of alkyl halides is 1. The molecule has 2 unspecified atom stereocenters. The molecule has 1 saturated heterocycles. The van der Waals surface area contributed by atoms with Crippen LogP contribution in [0, 0.1) is 11.8 Å². The van der Waals surface area contributed by atoms with Crippen LogP contribution in [0.25, 0.3) is 0 Å². The number of hydrogen-bond acceptors (Lipinski definition) is 1. The first-order chi connectivity index (χ1) is 11.5. The molecule has 1 radical (unpaired) electrons. The van der Waals surface area contributed by atoms with Crippen LogP contribution in [0.2, 0.25) is 0 Å². The van der Waals surface area contributed by atoms with E-state index in [-0.39, 0.29) is 5.54 Å². The molecule has 1 aliphatic rings. The molecule has 0 saturated carbocycles. The molecule has 24 heavy (non-hydrogen) atoms. The Bertz CT molecular complexity index is 402. The lowest BCUT2D eigenvalue weighted by molar-refractivity contribution is -0.240. The average Bonchev–Trinajstić information content (AvgIpc) is 2.80. The summed E-state index contributed by atoms with van der Waals surface area (Å²) in [5.74, 6) is 6.20. The van der Waals surface area contributed by atoms with E-state index < -0.39 is 5.54 Å². The van der Waals surface area contributed by atoms with Crippen LogP contribution in [0.5, 0.6) is 0 Å². The third kappa shape index (κ3) is 7.06. The predicted octanol–water partition coefficient (Wildman–Crippen LogP) is 6.65. The first-order valence-corrected chi connectivity index (χ1v) is 11.1. The van der Waals surface area contributed by atoms with Crippen molar-refractivity contribution in [3.63, 3.8) is 0 Å². The van der Waals surface area contributed by atoms with E-state index in [9.17, 15) is 5.21 Å². The van der Waals surface area contributed by atoms with Gasteiger partial charge < -0.3 is 0 Å². The number of rotatable bonds is 11. The molecule has 0 spiro atoms. The van der Waals surface area contributed by atoms with E-state index >= 15 is 0 Å². The molecule has 0 N–H and O–H groups in total. The SMILES string of the molecule is CCCCCCCCCCCCC1(C)CCC(C)(C#CCBr)N1[O]. The van der Waals surface area contributed by atoms with Gasteiger partial charge in [-0.3, -0.25) is 0 Å². The molecule has 1 aliphatic heterocycles. The van der Waals surface area contributed by atoms with Crippen molar-refractivity contribution in [3.8, 4) is 11.8 Å².